The number of aliphatic hydroxyl groups is 5. The normalized spacial score (nSPS) is 16.3. The first-order valence-corrected chi connectivity index (χ1v) is 5.73. The van der Waals surface area contributed by atoms with Gasteiger partial charge in [0, 0.05) is 0 Å². The van der Waals surface area contributed by atoms with Crippen LogP contribution in [-0.4, -0.2) is 86.0 Å². The average molecular weight is 329 g/mol. The monoisotopic (exact) mass is 329 g/mol. The van der Waals surface area contributed by atoms with Gasteiger partial charge in [0.25, 0.3) is 0 Å². The van der Waals surface area contributed by atoms with E-state index < -0.39 is 49.1 Å². The molecule has 12 N–H and O–H groups in total. The molecule has 0 aromatic heterocycles. The summed E-state index contributed by atoms with van der Waals surface area (Å²) in [6.07, 6.45) is -6.84. The zero-order chi connectivity index (χ0) is 18.5. The largest absolute Gasteiger partial charge is 0.480 e. The molecule has 12 heteroatoms. The Hall–Kier alpha value is -1.83. The highest BCUT2D eigenvalue weighted by Gasteiger charge is 2.29. The predicted molar refractivity (Wildman–Crippen MR) is 72.2 cm³/mol. The van der Waals surface area contributed by atoms with Crippen molar-refractivity contribution >= 4 is 18.3 Å². The summed E-state index contributed by atoms with van der Waals surface area (Å²) in [5.74, 6) is -0.963. The van der Waals surface area contributed by atoms with Gasteiger partial charge in [-0.25, -0.2) is 4.79 Å². The van der Waals surface area contributed by atoms with E-state index in [1.807, 2.05) is 0 Å². The van der Waals surface area contributed by atoms with E-state index in [1.54, 1.807) is 0 Å². The van der Waals surface area contributed by atoms with Crippen molar-refractivity contribution in [1.82, 2.24) is 0 Å². The maximum absolute atomic E-state index is 9.90. The molecule has 22 heavy (non-hydrogen) atoms. The molecular formula is C10H23N3O9. The fourth-order valence-corrected chi connectivity index (χ4v) is 0.618. The number of carbonyl (C=O) groups excluding carboxylic acids is 2. The molecule has 0 radical (unpaired) electrons. The van der Waals surface area contributed by atoms with Gasteiger partial charge < -0.3 is 52.6 Å². The molecule has 132 valence electrons. The number of carbonyl (C=O) groups is 3. The summed E-state index contributed by atoms with van der Waals surface area (Å²) >= 11 is 0. The molecule has 12 nitrogen and oxygen atoms in total. The lowest BCUT2D eigenvalue weighted by Crippen LogP contribution is -2.46. The molecule has 0 saturated carbocycles. The van der Waals surface area contributed by atoms with Crippen LogP contribution in [0.1, 0.15) is 6.92 Å². The van der Waals surface area contributed by atoms with Gasteiger partial charge >= 0.3 is 12.0 Å². The molecule has 5 unspecified atom stereocenters. The number of hydrogen-bond acceptors (Lipinski definition) is 9. The molecule has 0 spiro atoms. The first-order valence-electron chi connectivity index (χ1n) is 5.73. The third-order valence-corrected chi connectivity index (χ3v) is 1.81. The maximum Gasteiger partial charge on any atom is 0.320 e. The van der Waals surface area contributed by atoms with Gasteiger partial charge in [-0.15, -0.1) is 0 Å². The fourth-order valence-electron chi connectivity index (χ4n) is 0.618. The average Bonchev–Trinajstić information content (AvgIpc) is 2.43. The second kappa shape index (κ2) is 14.1. The van der Waals surface area contributed by atoms with Crippen molar-refractivity contribution in [3.8, 4) is 0 Å². The van der Waals surface area contributed by atoms with E-state index in [9.17, 15) is 9.59 Å². The number of aldehydes is 1. The topological polar surface area (TPSA) is 251 Å². The number of hydrogen-bond donors (Lipinski definition) is 9. The van der Waals surface area contributed by atoms with E-state index in [0.29, 0.717) is 0 Å². The summed E-state index contributed by atoms with van der Waals surface area (Å²) in [4.78, 5) is 28.5. The van der Waals surface area contributed by atoms with Crippen LogP contribution in [-0.2, 0) is 9.59 Å². The summed E-state index contributed by atoms with van der Waals surface area (Å²) in [6, 6.07) is -1.56. The summed E-state index contributed by atoms with van der Waals surface area (Å²) in [7, 11) is 0. The molecule has 0 saturated heterocycles. The lowest BCUT2D eigenvalue weighted by atomic mass is 10.0. The van der Waals surface area contributed by atoms with Crippen LogP contribution >= 0.6 is 0 Å². The lowest BCUT2D eigenvalue weighted by molar-refractivity contribution is -0.138. The Bertz CT molecular complexity index is 323. The minimum Gasteiger partial charge on any atom is -0.480 e. The third-order valence-electron chi connectivity index (χ3n) is 1.81. The van der Waals surface area contributed by atoms with Crippen molar-refractivity contribution in [2.24, 2.45) is 17.2 Å². The second-order valence-electron chi connectivity index (χ2n) is 3.89. The van der Waals surface area contributed by atoms with Crippen molar-refractivity contribution < 1.29 is 45.0 Å². The van der Waals surface area contributed by atoms with E-state index in [1.165, 1.54) is 6.92 Å². The van der Waals surface area contributed by atoms with Gasteiger partial charge in [0.1, 0.15) is 30.5 Å². The number of nitrogens with two attached hydrogens (primary N) is 3. The van der Waals surface area contributed by atoms with Crippen LogP contribution in [0.4, 0.5) is 4.79 Å². The third kappa shape index (κ3) is 16.2. The number of aliphatic carboxylic acids is 1. The summed E-state index contributed by atoms with van der Waals surface area (Å²) in [6.45, 7) is 0.659. The van der Waals surface area contributed by atoms with Crippen LogP contribution in [0.3, 0.4) is 0 Å². The fraction of sp³-hybridized carbons (Fsp3) is 0.700. The van der Waals surface area contributed by atoms with Crippen LogP contribution in [0.15, 0.2) is 0 Å². The van der Waals surface area contributed by atoms with E-state index in [-0.39, 0.29) is 6.29 Å². The molecule has 0 aliphatic carbocycles. The maximum atomic E-state index is 9.90. The van der Waals surface area contributed by atoms with Gasteiger partial charge in [-0.3, -0.25) is 4.79 Å². The number of urea groups is 1. The minimum atomic E-state index is -1.79. The molecule has 0 aliphatic heterocycles. The highest BCUT2D eigenvalue weighted by Crippen LogP contribution is 2.02. The zero-order valence-electron chi connectivity index (χ0n) is 11.8. The van der Waals surface area contributed by atoms with Crippen molar-refractivity contribution in [2.45, 2.75) is 37.4 Å². The van der Waals surface area contributed by atoms with Crippen molar-refractivity contribution in [1.29, 1.82) is 0 Å². The van der Waals surface area contributed by atoms with Gasteiger partial charge in [-0.2, -0.15) is 0 Å². The van der Waals surface area contributed by atoms with Gasteiger partial charge in [0.2, 0.25) is 0 Å². The first kappa shape index (κ1) is 25.1. The van der Waals surface area contributed by atoms with Crippen LogP contribution in [0.2, 0.25) is 0 Å². The Morgan fingerprint density at radius 3 is 1.59 bits per heavy atom. The Balaban J connectivity index is -0.000000300. The van der Waals surface area contributed by atoms with Gasteiger partial charge in [0.15, 0.2) is 6.29 Å². The van der Waals surface area contributed by atoms with Gasteiger partial charge in [0.05, 0.1) is 6.61 Å². The number of carboxylic acid groups (broad SMARTS) is 1. The van der Waals surface area contributed by atoms with Crippen LogP contribution in [0.25, 0.3) is 0 Å². The minimum absolute atomic E-state index is 0.0258. The SMILES string of the molecule is CC(N)C(=O)O.NC(N)=O.O=CC(O)C(O)C(O)C(O)CO. The molecule has 0 aromatic carbocycles. The molecule has 2 amide bonds. The van der Waals surface area contributed by atoms with Crippen molar-refractivity contribution in [2.75, 3.05) is 6.61 Å². The summed E-state index contributed by atoms with van der Waals surface area (Å²) < 4.78 is 0. The quantitative estimate of drug-likeness (QED) is 0.210. The smallest absolute Gasteiger partial charge is 0.320 e. The summed E-state index contributed by atoms with van der Waals surface area (Å²) in [5.41, 5.74) is 13.3. The Morgan fingerprint density at radius 2 is 1.41 bits per heavy atom. The molecular weight excluding hydrogens is 306 g/mol. The van der Waals surface area contributed by atoms with Crippen molar-refractivity contribution in [3.05, 3.63) is 0 Å². The van der Waals surface area contributed by atoms with E-state index in [4.69, 9.17) is 41.2 Å². The number of amides is 2. The molecule has 5 atom stereocenters. The van der Waals surface area contributed by atoms with E-state index in [0.717, 1.165) is 0 Å². The lowest BCUT2D eigenvalue weighted by Gasteiger charge is -2.22. The number of carboxylic acids is 1. The standard InChI is InChI=1S/C6H12O6.C3H7NO2.CH4N2O/c7-1-3(9)5(11)6(12)4(10)2-8;1-2(4)3(5)6;2-1(3)4/h1,3-6,8-12H,2H2;2H,4H2,1H3,(H,5,6);(H4,2,3,4). The van der Waals surface area contributed by atoms with Crippen LogP contribution in [0.5, 0.6) is 0 Å². The van der Waals surface area contributed by atoms with Gasteiger partial charge in [-0.1, -0.05) is 0 Å². The Morgan fingerprint density at radius 1 is 1.09 bits per heavy atom. The van der Waals surface area contributed by atoms with Gasteiger partial charge in [-0.05, 0) is 6.92 Å². The number of primary amides is 2. The Labute approximate surface area is 125 Å². The molecule has 0 aromatic rings. The molecule has 0 heterocycles. The molecule has 0 fully saturated rings. The molecule has 0 bridgehead atoms. The first-order chi connectivity index (χ1) is 9.91. The molecule has 0 aliphatic rings. The van der Waals surface area contributed by atoms with Crippen LogP contribution < -0.4 is 17.2 Å². The zero-order valence-corrected chi connectivity index (χ0v) is 11.8. The highest BCUT2D eigenvalue weighted by molar-refractivity contribution is 5.72. The van der Waals surface area contributed by atoms with Crippen LogP contribution in [0, 0.1) is 0 Å². The predicted octanol–water partition coefficient (Wildman–Crippen LogP) is -4.94. The van der Waals surface area contributed by atoms with E-state index in [2.05, 4.69) is 11.5 Å². The second-order valence-corrected chi connectivity index (χ2v) is 3.89. The van der Waals surface area contributed by atoms with Crippen molar-refractivity contribution in [3.63, 3.8) is 0 Å². The van der Waals surface area contributed by atoms with E-state index >= 15 is 0 Å². The number of rotatable bonds is 6. The molecule has 0 rings (SSSR count). The Kier molecular flexibility index (Phi) is 16.1. The number of aliphatic hydroxyl groups excluding tert-OH is 5. The highest BCUT2D eigenvalue weighted by atomic mass is 16.4. The summed E-state index contributed by atoms with van der Waals surface area (Å²) in [5, 5.41) is 51.4.